The van der Waals surface area contributed by atoms with Crippen molar-refractivity contribution in [2.45, 2.75) is 13.1 Å². The predicted molar refractivity (Wildman–Crippen MR) is 72.8 cm³/mol. The number of anilines is 1. The van der Waals surface area contributed by atoms with Crippen molar-refractivity contribution in [3.63, 3.8) is 0 Å². The fourth-order valence-corrected chi connectivity index (χ4v) is 1.88. The molecule has 96 valence electrons. The molecule has 3 nitrogen and oxygen atoms in total. The fourth-order valence-electron chi connectivity index (χ4n) is 1.88. The van der Waals surface area contributed by atoms with E-state index in [1.165, 1.54) is 12.1 Å². The minimum atomic E-state index is -0.413. The molecule has 0 unspecified atom stereocenters. The first-order valence-electron chi connectivity index (χ1n) is 5.95. The fraction of sp³-hybridized carbons (Fsp3) is 0.133. The zero-order valence-corrected chi connectivity index (χ0v) is 10.4. The maximum Gasteiger partial charge on any atom is 0.124 e. The molecule has 0 saturated carbocycles. The molecule has 0 heterocycles. The van der Waals surface area contributed by atoms with Crippen molar-refractivity contribution in [1.29, 1.82) is 5.26 Å². The normalized spacial score (nSPS) is 9.95. The lowest BCUT2D eigenvalue weighted by molar-refractivity contribution is 0.627. The smallest absolute Gasteiger partial charge is 0.124 e. The number of hydrogen-bond donors (Lipinski definition) is 2. The van der Waals surface area contributed by atoms with Gasteiger partial charge in [-0.2, -0.15) is 5.26 Å². The lowest BCUT2D eigenvalue weighted by atomic mass is 10.1. The summed E-state index contributed by atoms with van der Waals surface area (Å²) < 4.78 is 13.0. The topological polar surface area (TPSA) is 61.8 Å². The Kier molecular flexibility index (Phi) is 4.11. The van der Waals surface area contributed by atoms with E-state index in [0.29, 0.717) is 24.3 Å². The van der Waals surface area contributed by atoms with Gasteiger partial charge in [0, 0.05) is 13.1 Å². The third kappa shape index (κ3) is 3.09. The minimum Gasteiger partial charge on any atom is -0.380 e. The first-order chi connectivity index (χ1) is 9.24. The van der Waals surface area contributed by atoms with Crippen molar-refractivity contribution < 1.29 is 4.39 Å². The highest BCUT2D eigenvalue weighted by Crippen LogP contribution is 2.18. The molecular formula is C15H14FN3. The van der Waals surface area contributed by atoms with Crippen molar-refractivity contribution in [2.24, 2.45) is 5.73 Å². The summed E-state index contributed by atoms with van der Waals surface area (Å²) in [5.41, 5.74) is 8.70. The zero-order chi connectivity index (χ0) is 13.7. The lowest BCUT2D eigenvalue weighted by Crippen LogP contribution is -2.07. The van der Waals surface area contributed by atoms with Crippen LogP contribution in [0.25, 0.3) is 0 Å². The molecule has 2 aromatic rings. The maximum atomic E-state index is 13.0. The molecule has 0 fully saturated rings. The maximum absolute atomic E-state index is 13.0. The van der Waals surface area contributed by atoms with Gasteiger partial charge in [-0.3, -0.25) is 0 Å². The Morgan fingerprint density at radius 1 is 1.16 bits per heavy atom. The first kappa shape index (κ1) is 13.1. The highest BCUT2D eigenvalue weighted by molar-refractivity contribution is 5.57. The lowest BCUT2D eigenvalue weighted by Gasteiger charge is -2.11. The number of halogens is 1. The molecule has 0 aliphatic rings. The summed E-state index contributed by atoms with van der Waals surface area (Å²) in [5.74, 6) is -0.413. The molecule has 0 aromatic heterocycles. The quantitative estimate of drug-likeness (QED) is 0.883. The van der Waals surface area contributed by atoms with Gasteiger partial charge in [-0.15, -0.1) is 0 Å². The third-order valence-electron chi connectivity index (χ3n) is 2.91. The van der Waals surface area contributed by atoms with Crippen LogP contribution in [-0.4, -0.2) is 0 Å². The summed E-state index contributed by atoms with van der Waals surface area (Å²) in [7, 11) is 0. The van der Waals surface area contributed by atoms with E-state index in [2.05, 4.69) is 5.32 Å². The Morgan fingerprint density at radius 3 is 2.58 bits per heavy atom. The van der Waals surface area contributed by atoms with E-state index in [1.807, 2.05) is 30.3 Å². The largest absolute Gasteiger partial charge is 0.380 e. The minimum absolute atomic E-state index is 0.297. The van der Waals surface area contributed by atoms with E-state index in [1.54, 1.807) is 6.07 Å². The molecule has 2 aromatic carbocycles. The van der Waals surface area contributed by atoms with Crippen LogP contribution >= 0.6 is 0 Å². The third-order valence-corrected chi connectivity index (χ3v) is 2.91. The van der Waals surface area contributed by atoms with Gasteiger partial charge in [-0.25, -0.2) is 4.39 Å². The van der Waals surface area contributed by atoms with E-state index in [-0.39, 0.29) is 0 Å². The molecule has 4 heteroatoms. The van der Waals surface area contributed by atoms with Crippen LogP contribution in [0, 0.1) is 17.1 Å². The van der Waals surface area contributed by atoms with Gasteiger partial charge >= 0.3 is 0 Å². The Balaban J connectivity index is 2.17. The molecule has 0 saturated heterocycles. The van der Waals surface area contributed by atoms with Crippen molar-refractivity contribution in [2.75, 3.05) is 5.32 Å². The molecule has 0 aliphatic heterocycles. The summed E-state index contributed by atoms with van der Waals surface area (Å²) in [5, 5.41) is 12.1. The van der Waals surface area contributed by atoms with Crippen molar-refractivity contribution in [3.8, 4) is 6.07 Å². The van der Waals surface area contributed by atoms with Gasteiger partial charge in [-0.1, -0.05) is 24.3 Å². The number of hydrogen-bond acceptors (Lipinski definition) is 3. The molecule has 0 atom stereocenters. The number of rotatable bonds is 4. The van der Waals surface area contributed by atoms with Crippen molar-refractivity contribution >= 4 is 5.69 Å². The number of nitrogens with one attached hydrogen (secondary N) is 1. The molecular weight excluding hydrogens is 241 g/mol. The van der Waals surface area contributed by atoms with E-state index in [4.69, 9.17) is 11.0 Å². The van der Waals surface area contributed by atoms with Gasteiger partial charge in [0.2, 0.25) is 0 Å². The van der Waals surface area contributed by atoms with Gasteiger partial charge in [0.15, 0.2) is 0 Å². The summed E-state index contributed by atoms with van der Waals surface area (Å²) in [6, 6.07) is 13.9. The van der Waals surface area contributed by atoms with Crippen LogP contribution in [0.4, 0.5) is 10.1 Å². The Labute approximate surface area is 111 Å². The molecule has 0 spiro atoms. The van der Waals surface area contributed by atoms with Gasteiger partial charge in [-0.05, 0) is 29.3 Å². The monoisotopic (exact) mass is 255 g/mol. The van der Waals surface area contributed by atoms with E-state index >= 15 is 0 Å². The highest BCUT2D eigenvalue weighted by Gasteiger charge is 2.05. The highest BCUT2D eigenvalue weighted by atomic mass is 19.1. The second-order valence-corrected chi connectivity index (χ2v) is 4.13. The molecule has 0 radical (unpaired) electrons. The molecule has 3 N–H and O–H groups in total. The van der Waals surface area contributed by atoms with Crippen molar-refractivity contribution in [3.05, 3.63) is 65.0 Å². The van der Waals surface area contributed by atoms with Crippen LogP contribution in [0.5, 0.6) is 0 Å². The van der Waals surface area contributed by atoms with Crippen LogP contribution in [0.15, 0.2) is 42.5 Å². The van der Waals surface area contributed by atoms with E-state index in [9.17, 15) is 4.39 Å². The number of nitriles is 1. The van der Waals surface area contributed by atoms with Crippen LogP contribution in [-0.2, 0) is 13.1 Å². The second-order valence-electron chi connectivity index (χ2n) is 4.13. The van der Waals surface area contributed by atoms with Crippen molar-refractivity contribution in [1.82, 2.24) is 0 Å². The SMILES string of the molecule is N#Cc1cc(F)ccc1NCc1ccccc1CN. The summed E-state index contributed by atoms with van der Waals surface area (Å²) in [6.07, 6.45) is 0. The molecule has 0 bridgehead atoms. The van der Waals surface area contributed by atoms with Crippen LogP contribution in [0.3, 0.4) is 0 Å². The zero-order valence-electron chi connectivity index (χ0n) is 10.4. The van der Waals surface area contributed by atoms with E-state index < -0.39 is 5.82 Å². The summed E-state index contributed by atoms with van der Waals surface area (Å²) >= 11 is 0. The number of nitrogens with two attached hydrogens (primary N) is 1. The van der Waals surface area contributed by atoms with E-state index in [0.717, 1.165) is 11.1 Å². The van der Waals surface area contributed by atoms with Crippen LogP contribution in [0.1, 0.15) is 16.7 Å². The summed E-state index contributed by atoms with van der Waals surface area (Å²) in [4.78, 5) is 0. The number of nitrogens with zero attached hydrogens (tertiary/aromatic N) is 1. The average Bonchev–Trinajstić information content (AvgIpc) is 2.46. The molecule has 2 rings (SSSR count). The molecule has 19 heavy (non-hydrogen) atoms. The Morgan fingerprint density at radius 2 is 1.89 bits per heavy atom. The van der Waals surface area contributed by atoms with Crippen LogP contribution in [0.2, 0.25) is 0 Å². The number of benzene rings is 2. The average molecular weight is 255 g/mol. The van der Waals surface area contributed by atoms with Gasteiger partial charge < -0.3 is 11.1 Å². The Hall–Kier alpha value is -2.38. The van der Waals surface area contributed by atoms with Gasteiger partial charge in [0.1, 0.15) is 11.9 Å². The standard InChI is InChI=1S/C15H14FN3/c16-14-5-6-15(13(7-14)9-18)19-10-12-4-2-1-3-11(12)8-17/h1-7,19H,8,10,17H2. The first-order valence-corrected chi connectivity index (χ1v) is 5.95. The predicted octanol–water partition coefficient (Wildman–Crippen LogP) is 2.77. The second kappa shape index (κ2) is 5.98. The molecule has 0 aliphatic carbocycles. The molecule has 0 amide bonds. The van der Waals surface area contributed by atoms with Gasteiger partial charge in [0.25, 0.3) is 0 Å². The summed E-state index contributed by atoms with van der Waals surface area (Å²) in [6.45, 7) is 1.01. The van der Waals surface area contributed by atoms with Gasteiger partial charge in [0.05, 0.1) is 11.3 Å². The Bertz CT molecular complexity index is 617. The van der Waals surface area contributed by atoms with Crippen LogP contribution < -0.4 is 11.1 Å².